The van der Waals surface area contributed by atoms with Gasteiger partial charge >= 0.3 is 29.1 Å². The van der Waals surface area contributed by atoms with Crippen molar-refractivity contribution < 1.29 is 51.0 Å². The molecule has 8 atom stereocenters. The lowest BCUT2D eigenvalue weighted by molar-refractivity contribution is -0.157. The summed E-state index contributed by atoms with van der Waals surface area (Å²) in [6, 6.07) is 0. The highest BCUT2D eigenvalue weighted by Gasteiger charge is 2.62. The molecule has 0 aromatic carbocycles. The Balaban J connectivity index is 0.000000235. The largest absolute Gasteiger partial charge is 0.468 e. The van der Waals surface area contributed by atoms with E-state index in [0.717, 1.165) is 0 Å². The standard InChI is InChI=1S/C25H42N4O6S2Si2.C17H20N4O7S2/c1-13(2)38(14(3)4)31-11-18-20(34-39(35-38,15(5)6)16(7)8)21(33-25(36)37-10)24(32-18)29-12-26-19-22(29)27-17(9)28-23(19)30;1-7-19-14-11(15(24)20-7)18-6-21(14)16-13(28-17(29)30-4)12(26-9(3)23)10(27-16)5-25-8(2)22/h12-16,18,20-21,24H,11H2,1-10H3,(H,27,28,30);6,10,12-13,16H,5H2,1-4H3,(H,19,20,24)/t18-,20+,21?,24-;10-,12+,13?,16-/m11/s1. The third kappa shape index (κ3) is 11.4. The minimum atomic E-state index is -2.92. The van der Waals surface area contributed by atoms with Gasteiger partial charge in [0.1, 0.15) is 36.6 Å². The molecule has 380 valence electrons. The number of fused-ring (bicyclic) bond motifs is 3. The summed E-state index contributed by atoms with van der Waals surface area (Å²) in [7, 11) is -5.66. The van der Waals surface area contributed by atoms with Gasteiger partial charge in [0.05, 0.1) is 19.3 Å². The Morgan fingerprint density at radius 3 is 1.67 bits per heavy atom. The minimum absolute atomic E-state index is 0.114. The van der Waals surface area contributed by atoms with Crippen LogP contribution in [0.5, 0.6) is 0 Å². The average Bonchev–Trinajstić information content (AvgIpc) is 4.03. The lowest BCUT2D eigenvalue weighted by atomic mass is 10.1. The van der Waals surface area contributed by atoms with Gasteiger partial charge in [0.25, 0.3) is 11.1 Å². The van der Waals surface area contributed by atoms with Gasteiger partial charge in [-0.2, -0.15) is 0 Å². The number of imidazole rings is 2. The van der Waals surface area contributed by atoms with Gasteiger partial charge < -0.3 is 51.4 Å². The zero-order valence-electron chi connectivity index (χ0n) is 41.1. The predicted molar refractivity (Wildman–Crippen MR) is 272 cm³/mol. The van der Waals surface area contributed by atoms with Crippen LogP contribution in [0.3, 0.4) is 0 Å². The van der Waals surface area contributed by atoms with E-state index in [9.17, 15) is 19.2 Å². The minimum Gasteiger partial charge on any atom is -0.468 e. The van der Waals surface area contributed by atoms with Gasteiger partial charge in [-0.15, -0.1) is 0 Å². The van der Waals surface area contributed by atoms with Crippen molar-refractivity contribution >= 4 is 108 Å². The highest BCUT2D eigenvalue weighted by molar-refractivity contribution is 8.22. The van der Waals surface area contributed by atoms with Crippen molar-refractivity contribution in [3.63, 3.8) is 0 Å². The average molecular weight is 1070 g/mol. The molecular formula is C42H62N8O13S4Si2. The first-order valence-corrected chi connectivity index (χ1v) is 29.7. The van der Waals surface area contributed by atoms with Gasteiger partial charge in [-0.05, 0) is 73.0 Å². The van der Waals surface area contributed by atoms with E-state index in [1.165, 1.54) is 48.3 Å². The summed E-state index contributed by atoms with van der Waals surface area (Å²) >= 11 is 13.2. The van der Waals surface area contributed by atoms with Gasteiger partial charge in [0, 0.05) is 13.8 Å². The first-order chi connectivity index (χ1) is 32.5. The Bertz CT molecular complexity index is 2630. The third-order valence-electron chi connectivity index (χ3n) is 12.1. The van der Waals surface area contributed by atoms with E-state index in [-0.39, 0.29) is 55.4 Å². The molecule has 7 rings (SSSR count). The second-order valence-corrected chi connectivity index (χ2v) is 29.7. The molecule has 0 amide bonds. The van der Waals surface area contributed by atoms with Crippen molar-refractivity contribution in [2.45, 2.75) is 154 Å². The molecule has 2 N–H and O–H groups in total. The molecular weight excluding hydrogens is 1010 g/mol. The molecule has 3 aliphatic heterocycles. The van der Waals surface area contributed by atoms with E-state index in [2.05, 4.69) is 85.3 Å². The Morgan fingerprint density at radius 1 is 0.739 bits per heavy atom. The van der Waals surface area contributed by atoms with Gasteiger partial charge in [0.2, 0.25) is 8.77 Å². The molecule has 0 radical (unpaired) electrons. The number of esters is 2. The number of hydrogen-bond acceptors (Lipinski definition) is 21. The molecule has 0 bridgehead atoms. The van der Waals surface area contributed by atoms with E-state index in [0.29, 0.717) is 28.3 Å². The van der Waals surface area contributed by atoms with Crippen LogP contribution in [0, 0.1) is 13.8 Å². The van der Waals surface area contributed by atoms with E-state index >= 15 is 0 Å². The molecule has 7 heterocycles. The maximum atomic E-state index is 12.6. The monoisotopic (exact) mass is 1070 g/mol. The maximum Gasteiger partial charge on any atom is 0.335 e. The van der Waals surface area contributed by atoms with Crippen LogP contribution < -0.4 is 11.1 Å². The van der Waals surface area contributed by atoms with Crippen molar-refractivity contribution in [1.82, 2.24) is 39.0 Å². The molecule has 0 saturated carbocycles. The van der Waals surface area contributed by atoms with E-state index in [1.807, 2.05) is 6.26 Å². The molecule has 0 aliphatic carbocycles. The van der Waals surface area contributed by atoms with Gasteiger partial charge in [0.15, 0.2) is 53.1 Å². The zero-order chi connectivity index (χ0) is 50.9. The number of aromatic amines is 2. The van der Waals surface area contributed by atoms with E-state index < -0.39 is 83.7 Å². The molecule has 2 unspecified atom stereocenters. The SMILES string of the molecule is CSC(=S)OC1[C@@H](OC(C)=O)[C@@H](COC(C)=O)O[C@H]1n1cnc2c(=O)[nH]c(C)nc21.CSC(=S)OC1[C@H]2O[Si](C(C)C)(C(C)C)O[Si](C(C)C)(C(C)C)OC[C@H]2O[C@H]1n1cnc2c(=O)[nH]c(C)nc21. The predicted octanol–water partition coefficient (Wildman–Crippen LogP) is 6.17. The Hall–Kier alpha value is -3.65. The first kappa shape index (κ1) is 54.7. The summed E-state index contributed by atoms with van der Waals surface area (Å²) in [6.45, 7) is 23.5. The number of ether oxygens (including phenoxy) is 6. The highest BCUT2D eigenvalue weighted by Crippen LogP contribution is 2.49. The van der Waals surface area contributed by atoms with Gasteiger partial charge in [-0.25, -0.2) is 19.9 Å². The van der Waals surface area contributed by atoms with Crippen molar-refractivity contribution in [3.8, 4) is 0 Å². The summed E-state index contributed by atoms with van der Waals surface area (Å²) in [5.41, 5.74) is 1.04. The first-order valence-electron chi connectivity index (χ1n) is 22.5. The van der Waals surface area contributed by atoms with Crippen LogP contribution in [-0.4, -0.2) is 139 Å². The molecule has 3 saturated heterocycles. The number of aryl methyl sites for hydroxylation is 2. The van der Waals surface area contributed by atoms with E-state index in [1.54, 1.807) is 31.0 Å². The summed E-state index contributed by atoms with van der Waals surface area (Å²) in [5.74, 6) is -0.212. The van der Waals surface area contributed by atoms with Crippen LogP contribution in [-0.2, 0) is 51.0 Å². The van der Waals surface area contributed by atoms with Gasteiger partial charge in [-0.3, -0.25) is 28.3 Å². The molecule has 4 aromatic heterocycles. The van der Waals surface area contributed by atoms with Crippen molar-refractivity contribution in [1.29, 1.82) is 0 Å². The van der Waals surface area contributed by atoms with Crippen LogP contribution in [0.15, 0.2) is 22.2 Å². The highest BCUT2D eigenvalue weighted by atomic mass is 32.2. The normalized spacial score (nSPS) is 25.3. The van der Waals surface area contributed by atoms with Crippen LogP contribution in [0.4, 0.5) is 0 Å². The number of carbonyl (C=O) groups is 2. The molecule has 4 aromatic rings. The number of H-pyrrole nitrogens is 2. The number of aromatic nitrogens is 8. The molecule has 3 aliphatic rings. The van der Waals surface area contributed by atoms with Crippen LogP contribution in [0.1, 0.15) is 93.3 Å². The fourth-order valence-corrected chi connectivity index (χ4v) is 20.8. The fraction of sp³-hybridized carbons (Fsp3) is 0.667. The molecule has 69 heavy (non-hydrogen) atoms. The number of rotatable bonds is 11. The van der Waals surface area contributed by atoms with Crippen LogP contribution in [0.25, 0.3) is 22.3 Å². The zero-order valence-corrected chi connectivity index (χ0v) is 46.4. The Labute approximate surface area is 421 Å². The maximum absolute atomic E-state index is 12.6. The smallest absolute Gasteiger partial charge is 0.335 e. The van der Waals surface area contributed by atoms with Crippen molar-refractivity contribution in [2.75, 3.05) is 25.7 Å². The number of nitrogens with zero attached hydrogens (tertiary/aromatic N) is 6. The number of thiocarbonyl (C=S) groups is 2. The summed E-state index contributed by atoms with van der Waals surface area (Å²) in [5, 5.41) is 0. The van der Waals surface area contributed by atoms with Crippen LogP contribution in [0.2, 0.25) is 22.2 Å². The van der Waals surface area contributed by atoms with Crippen molar-refractivity contribution in [2.24, 2.45) is 0 Å². The fourth-order valence-electron chi connectivity index (χ4n) is 8.96. The lowest BCUT2D eigenvalue weighted by Crippen LogP contribution is -2.66. The Kier molecular flexibility index (Phi) is 17.8. The second kappa shape index (κ2) is 22.4. The summed E-state index contributed by atoms with van der Waals surface area (Å²) < 4.78 is 60.8. The molecule has 21 nitrogen and oxygen atoms in total. The number of carbonyl (C=O) groups excluding carboxylic acids is 2. The number of nitrogens with one attached hydrogen (secondary N) is 2. The quantitative estimate of drug-likeness (QED) is 0.0969. The summed E-state index contributed by atoms with van der Waals surface area (Å²) in [4.78, 5) is 70.5. The second-order valence-electron chi connectivity index (χ2n) is 18.1. The lowest BCUT2D eigenvalue weighted by Gasteiger charge is -2.51. The Morgan fingerprint density at radius 2 is 1.22 bits per heavy atom. The molecule has 27 heteroatoms. The topological polar surface area (TPSA) is 244 Å². The van der Waals surface area contributed by atoms with Crippen molar-refractivity contribution in [3.05, 3.63) is 45.0 Å². The number of thioether (sulfide) groups is 2. The number of hydrogen-bond donors (Lipinski definition) is 2. The van der Waals surface area contributed by atoms with Gasteiger partial charge in [-0.1, -0.05) is 78.9 Å². The molecule has 3 fully saturated rings. The van der Waals surface area contributed by atoms with Crippen LogP contribution >= 0.6 is 48.0 Å². The summed E-state index contributed by atoms with van der Waals surface area (Å²) in [6.07, 6.45) is 0.731. The van der Waals surface area contributed by atoms with E-state index in [4.69, 9.17) is 65.8 Å². The molecule has 0 spiro atoms. The third-order valence-corrected chi connectivity index (χ3v) is 24.4.